The van der Waals surface area contributed by atoms with Gasteiger partial charge >= 0.3 is 7.82 Å². The van der Waals surface area contributed by atoms with E-state index in [0.29, 0.717) is 38.9 Å². The number of phosphoric acid groups is 1. The van der Waals surface area contributed by atoms with Crippen molar-refractivity contribution in [1.82, 2.24) is 14.7 Å². The van der Waals surface area contributed by atoms with Crippen LogP contribution in [0.4, 0.5) is 0 Å². The van der Waals surface area contributed by atoms with Gasteiger partial charge in [0.25, 0.3) is 30.4 Å². The van der Waals surface area contributed by atoms with Crippen LogP contribution in [0, 0.1) is 0 Å². The molecule has 0 radical (unpaired) electrons. The van der Waals surface area contributed by atoms with Crippen molar-refractivity contribution in [2.45, 2.75) is 55.8 Å². The minimum atomic E-state index is -4.64. The molecule has 20 heteroatoms. The van der Waals surface area contributed by atoms with Crippen LogP contribution in [-0.4, -0.2) is 146 Å². The highest BCUT2D eigenvalue weighted by molar-refractivity contribution is 7.86. The third-order valence-electron chi connectivity index (χ3n) is 4.47. The molecule has 0 spiro atoms. The number of nitrogens with zero attached hydrogens (tertiary/aromatic N) is 3. The van der Waals surface area contributed by atoms with Crippen molar-refractivity contribution in [2.75, 3.05) is 61.9 Å². The second kappa shape index (κ2) is 20.6. The standard InChI is InChI=1S/3C6H15NO3S.H3O4P/c3*1-6(11(8,9)10)4-5-7(2)3;1-5(2,3)4/h3*6H,4-5H2,1-3H3,(H,8,9,10);(H3,1,2,3,4). The smallest absolute Gasteiger partial charge is 0.309 e. The normalized spacial score (nSPS) is 14.9. The molecule has 0 aromatic heterocycles. The van der Waals surface area contributed by atoms with E-state index in [1.807, 2.05) is 57.0 Å². The fourth-order valence-electron chi connectivity index (χ4n) is 1.77. The minimum Gasteiger partial charge on any atom is -0.309 e. The van der Waals surface area contributed by atoms with E-state index < -0.39 is 53.9 Å². The number of hydrogen-bond acceptors (Lipinski definition) is 10. The summed E-state index contributed by atoms with van der Waals surface area (Å²) in [6.07, 6.45) is 1.39. The summed E-state index contributed by atoms with van der Waals surface area (Å²) >= 11 is 0. The van der Waals surface area contributed by atoms with Gasteiger partial charge in [-0.05, 0) is 102 Å². The van der Waals surface area contributed by atoms with Gasteiger partial charge in [-0.3, -0.25) is 13.7 Å². The van der Waals surface area contributed by atoms with Gasteiger partial charge in [-0.2, -0.15) is 25.3 Å². The molecule has 0 amide bonds. The van der Waals surface area contributed by atoms with Gasteiger partial charge in [-0.1, -0.05) is 0 Å². The fraction of sp³-hybridized carbons (Fsp3) is 1.00. The summed E-state index contributed by atoms with van der Waals surface area (Å²) in [4.78, 5) is 27.2. The van der Waals surface area contributed by atoms with Crippen LogP contribution in [0.25, 0.3) is 0 Å². The Morgan fingerprint density at radius 1 is 0.526 bits per heavy atom. The molecule has 3 atom stereocenters. The molecule has 0 saturated heterocycles. The van der Waals surface area contributed by atoms with Crippen molar-refractivity contribution >= 4 is 38.2 Å². The van der Waals surface area contributed by atoms with Crippen LogP contribution in [0.1, 0.15) is 40.0 Å². The summed E-state index contributed by atoms with van der Waals surface area (Å²) in [7, 11) is -4.97. The van der Waals surface area contributed by atoms with Gasteiger partial charge in [0.2, 0.25) is 0 Å². The predicted octanol–water partition coefficient (Wildman–Crippen LogP) is -0.285. The maximum absolute atomic E-state index is 10.5. The summed E-state index contributed by atoms with van der Waals surface area (Å²) in [5, 5.41) is -1.99. The van der Waals surface area contributed by atoms with Crippen molar-refractivity contribution in [3.63, 3.8) is 0 Å². The van der Waals surface area contributed by atoms with Gasteiger partial charge in [0.15, 0.2) is 0 Å². The maximum Gasteiger partial charge on any atom is 0.466 e. The molecule has 0 aliphatic carbocycles. The maximum atomic E-state index is 10.5. The van der Waals surface area contributed by atoms with Crippen LogP contribution in [0.2, 0.25) is 0 Å². The third-order valence-corrected chi connectivity index (χ3v) is 8.23. The number of rotatable bonds is 12. The second-order valence-corrected chi connectivity index (χ2v) is 15.8. The van der Waals surface area contributed by atoms with Gasteiger partial charge < -0.3 is 29.4 Å². The van der Waals surface area contributed by atoms with Crippen molar-refractivity contribution in [1.29, 1.82) is 0 Å². The molecule has 0 rings (SSSR count). The SMILES string of the molecule is CC(CCN(C)C)S(=O)(=O)O.CC(CCN(C)C)S(=O)(=O)O.CC(CCN(C)C)S(=O)(=O)O.O=P(O)(O)O. The lowest BCUT2D eigenvalue weighted by atomic mass is 10.3. The van der Waals surface area contributed by atoms with E-state index in [0.717, 1.165) is 0 Å². The Labute approximate surface area is 228 Å². The Bertz CT molecular complexity index is 849. The summed E-state index contributed by atoms with van der Waals surface area (Å²) in [6.45, 7) is 6.50. The summed E-state index contributed by atoms with van der Waals surface area (Å²) < 4.78 is 97.4. The van der Waals surface area contributed by atoms with E-state index in [4.69, 9.17) is 32.9 Å². The average molecular weight is 642 g/mol. The van der Waals surface area contributed by atoms with Crippen LogP contribution in [0.15, 0.2) is 0 Å². The molecule has 0 heterocycles. The van der Waals surface area contributed by atoms with Gasteiger partial charge in [-0.25, -0.2) is 4.57 Å². The summed E-state index contributed by atoms with van der Waals surface area (Å²) in [5.41, 5.74) is 0. The third kappa shape index (κ3) is 40.2. The Hall–Kier alpha value is -0.280. The largest absolute Gasteiger partial charge is 0.466 e. The Morgan fingerprint density at radius 2 is 0.658 bits per heavy atom. The molecule has 0 bridgehead atoms. The van der Waals surface area contributed by atoms with Gasteiger partial charge in [0, 0.05) is 0 Å². The zero-order valence-corrected chi connectivity index (χ0v) is 26.9. The van der Waals surface area contributed by atoms with Crippen molar-refractivity contribution in [2.24, 2.45) is 0 Å². The van der Waals surface area contributed by atoms with Crippen LogP contribution in [0.3, 0.4) is 0 Å². The van der Waals surface area contributed by atoms with Gasteiger partial charge in [-0.15, -0.1) is 0 Å². The first kappa shape index (κ1) is 44.7. The highest BCUT2D eigenvalue weighted by Gasteiger charge is 2.17. The summed E-state index contributed by atoms with van der Waals surface area (Å²) in [5.74, 6) is 0. The van der Waals surface area contributed by atoms with Crippen molar-refractivity contribution < 1.29 is 58.2 Å². The molecule has 3 unspecified atom stereocenters. The van der Waals surface area contributed by atoms with Crippen LogP contribution in [-0.2, 0) is 34.9 Å². The Kier molecular flexibility index (Phi) is 24.2. The lowest BCUT2D eigenvalue weighted by Crippen LogP contribution is -2.23. The first-order valence-corrected chi connectivity index (χ1v) is 17.2. The molecule has 0 aliphatic heterocycles. The van der Waals surface area contributed by atoms with E-state index in [9.17, 15) is 25.3 Å². The van der Waals surface area contributed by atoms with Crippen LogP contribution < -0.4 is 0 Å². The topological polar surface area (TPSA) is 251 Å². The number of hydrogen-bond donors (Lipinski definition) is 6. The van der Waals surface area contributed by atoms with Crippen molar-refractivity contribution in [3.8, 4) is 0 Å². The molecule has 0 fully saturated rings. The van der Waals surface area contributed by atoms with E-state index in [2.05, 4.69) is 0 Å². The first-order chi connectivity index (χ1) is 16.5. The Balaban J connectivity index is -0.000000209. The van der Waals surface area contributed by atoms with Crippen LogP contribution >= 0.6 is 7.82 Å². The molecule has 38 heavy (non-hydrogen) atoms. The lowest BCUT2D eigenvalue weighted by molar-refractivity contribution is 0.275. The molecule has 0 aliphatic rings. The Morgan fingerprint density at radius 3 is 0.737 bits per heavy atom. The molecule has 0 saturated carbocycles. The van der Waals surface area contributed by atoms with Gasteiger partial charge in [0.05, 0.1) is 15.7 Å². The summed E-state index contributed by atoms with van der Waals surface area (Å²) in [6, 6.07) is 0. The van der Waals surface area contributed by atoms with E-state index in [1.165, 1.54) is 20.8 Å². The molecule has 0 aromatic rings. The minimum absolute atomic E-state index is 0.464. The van der Waals surface area contributed by atoms with E-state index in [-0.39, 0.29) is 0 Å². The first-order valence-electron chi connectivity index (χ1n) is 11.1. The van der Waals surface area contributed by atoms with Gasteiger partial charge in [0.1, 0.15) is 0 Å². The highest BCUT2D eigenvalue weighted by atomic mass is 32.2. The quantitative estimate of drug-likeness (QED) is 0.118. The average Bonchev–Trinajstić information content (AvgIpc) is 2.65. The highest BCUT2D eigenvalue weighted by Crippen LogP contribution is 2.25. The molecule has 6 N–H and O–H groups in total. The molecular formula is C18H48N3O13PS3. The van der Waals surface area contributed by atoms with E-state index >= 15 is 0 Å². The second-order valence-electron chi connectivity index (χ2n) is 9.27. The zero-order valence-electron chi connectivity index (χ0n) is 23.5. The van der Waals surface area contributed by atoms with E-state index in [1.54, 1.807) is 0 Å². The lowest BCUT2D eigenvalue weighted by Gasteiger charge is -2.12. The predicted molar refractivity (Wildman–Crippen MR) is 147 cm³/mol. The van der Waals surface area contributed by atoms with Crippen molar-refractivity contribution in [3.05, 3.63) is 0 Å². The molecule has 16 nitrogen and oxygen atoms in total. The molecule has 236 valence electrons. The van der Waals surface area contributed by atoms with Crippen LogP contribution in [0.5, 0.6) is 0 Å². The fourth-order valence-corrected chi connectivity index (χ4v) is 2.98. The molecular weight excluding hydrogens is 593 g/mol. The zero-order chi connectivity index (χ0) is 31.7. The molecule has 0 aromatic carbocycles. The monoisotopic (exact) mass is 641 g/mol.